The van der Waals surface area contributed by atoms with Gasteiger partial charge in [0.1, 0.15) is 16.7 Å². The first-order valence-corrected chi connectivity index (χ1v) is 7.91. The molecular formula is C19H16O9. The molecule has 0 saturated carbocycles. The lowest BCUT2D eigenvalue weighted by atomic mass is 10.1. The number of phenols is 3. The molecule has 0 amide bonds. The van der Waals surface area contributed by atoms with Gasteiger partial charge < -0.3 is 29.9 Å². The third kappa shape index (κ3) is 4.79. The van der Waals surface area contributed by atoms with Crippen molar-refractivity contribution in [2.45, 2.75) is 12.8 Å². The van der Waals surface area contributed by atoms with Crippen LogP contribution in [0.4, 0.5) is 0 Å². The lowest BCUT2D eigenvalue weighted by Gasteiger charge is -2.06. The Hall–Kier alpha value is -4.01. The van der Waals surface area contributed by atoms with Crippen molar-refractivity contribution in [3.05, 3.63) is 52.7 Å². The van der Waals surface area contributed by atoms with Gasteiger partial charge in [-0.25, -0.2) is 0 Å². The number of hydrogen-bond acceptors (Lipinski definition) is 7. The van der Waals surface area contributed by atoms with E-state index in [4.69, 9.17) is 14.6 Å². The number of rotatable bonds is 4. The van der Waals surface area contributed by atoms with E-state index in [1.54, 1.807) is 24.3 Å². The van der Waals surface area contributed by atoms with E-state index >= 15 is 0 Å². The molecule has 0 unspecified atom stereocenters. The second-order valence-corrected chi connectivity index (χ2v) is 5.59. The minimum absolute atomic E-state index is 0.00385. The summed E-state index contributed by atoms with van der Waals surface area (Å²) in [5, 5.41) is 44.3. The highest BCUT2D eigenvalue weighted by molar-refractivity contribution is 5.89. The van der Waals surface area contributed by atoms with Crippen LogP contribution in [0.2, 0.25) is 0 Å². The van der Waals surface area contributed by atoms with Crippen LogP contribution in [-0.4, -0.2) is 37.5 Å². The zero-order valence-corrected chi connectivity index (χ0v) is 14.3. The van der Waals surface area contributed by atoms with Gasteiger partial charge in [-0.2, -0.15) is 0 Å². The van der Waals surface area contributed by atoms with E-state index in [1.165, 1.54) is 6.07 Å². The van der Waals surface area contributed by atoms with Crippen molar-refractivity contribution < 1.29 is 39.5 Å². The quantitative estimate of drug-likeness (QED) is 0.422. The maximum absolute atomic E-state index is 12.0. The molecule has 0 atom stereocenters. The maximum Gasteiger partial charge on any atom is 0.303 e. The molecule has 0 radical (unpaired) electrons. The minimum Gasteiger partial charge on any atom is -0.504 e. The number of hydrogen-bond donors (Lipinski definition) is 5. The van der Waals surface area contributed by atoms with Crippen molar-refractivity contribution in [1.82, 2.24) is 0 Å². The van der Waals surface area contributed by atoms with E-state index in [2.05, 4.69) is 0 Å². The van der Waals surface area contributed by atoms with Gasteiger partial charge in [0.25, 0.3) is 0 Å². The Bertz CT molecular complexity index is 1050. The summed E-state index contributed by atoms with van der Waals surface area (Å²) in [6, 6.07) is 11.3. The van der Waals surface area contributed by atoms with Crippen LogP contribution in [0.15, 0.2) is 51.7 Å². The van der Waals surface area contributed by atoms with Crippen molar-refractivity contribution in [2.75, 3.05) is 0 Å². The molecule has 9 heteroatoms. The Kier molecular flexibility index (Phi) is 6.22. The van der Waals surface area contributed by atoms with Gasteiger partial charge in [0.05, 0.1) is 12.8 Å². The molecule has 28 heavy (non-hydrogen) atoms. The SMILES string of the molecule is O=C(O)CCC(=O)O.O=c1cc(-c2ccccc2)oc2cc(O)c(O)c(O)c12. The summed E-state index contributed by atoms with van der Waals surface area (Å²) in [6.45, 7) is 0. The second-order valence-electron chi connectivity index (χ2n) is 5.59. The molecule has 9 nitrogen and oxygen atoms in total. The molecule has 5 N–H and O–H groups in total. The van der Waals surface area contributed by atoms with Crippen LogP contribution in [-0.2, 0) is 9.59 Å². The van der Waals surface area contributed by atoms with Crippen LogP contribution in [0.1, 0.15) is 12.8 Å². The molecule has 3 rings (SSSR count). The number of phenolic OH excluding ortho intramolecular Hbond substituents is 3. The monoisotopic (exact) mass is 388 g/mol. The van der Waals surface area contributed by atoms with Gasteiger partial charge in [0, 0.05) is 17.7 Å². The molecule has 2 aromatic carbocycles. The first-order chi connectivity index (χ1) is 13.2. The maximum atomic E-state index is 12.0. The number of fused-ring (bicyclic) bond motifs is 1. The van der Waals surface area contributed by atoms with Crippen LogP contribution < -0.4 is 5.43 Å². The Balaban J connectivity index is 0.000000300. The van der Waals surface area contributed by atoms with Crippen LogP contribution in [0.25, 0.3) is 22.3 Å². The predicted molar refractivity (Wildman–Crippen MR) is 97.4 cm³/mol. The van der Waals surface area contributed by atoms with Crippen molar-refractivity contribution in [1.29, 1.82) is 0 Å². The molecule has 0 aliphatic heterocycles. The highest BCUT2D eigenvalue weighted by Crippen LogP contribution is 2.40. The van der Waals surface area contributed by atoms with Crippen molar-refractivity contribution in [3.8, 4) is 28.6 Å². The molecule has 146 valence electrons. The molecule has 0 aliphatic carbocycles. The molecule has 1 heterocycles. The molecule has 0 saturated heterocycles. The van der Waals surface area contributed by atoms with Gasteiger partial charge in [0.2, 0.25) is 5.75 Å². The topological polar surface area (TPSA) is 165 Å². The normalized spacial score (nSPS) is 10.1. The van der Waals surface area contributed by atoms with Crippen molar-refractivity contribution in [3.63, 3.8) is 0 Å². The fourth-order valence-electron chi connectivity index (χ4n) is 2.24. The molecule has 3 aromatic rings. The van der Waals surface area contributed by atoms with E-state index in [0.29, 0.717) is 11.3 Å². The molecule has 0 aliphatic rings. The zero-order valence-electron chi connectivity index (χ0n) is 14.3. The summed E-state index contributed by atoms with van der Waals surface area (Å²) in [5.41, 5.74) is 0.195. The molecule has 0 fully saturated rings. The standard InChI is InChI=1S/C15H10O5.C4H6O4/c16-9-6-11(8-4-2-1-3-5-8)20-12-7-10(17)14(18)15(19)13(9)12;5-3(6)1-2-4(7)8/h1-7,17-19H;1-2H2,(H,5,6)(H,7,8). The van der Waals surface area contributed by atoms with Gasteiger partial charge >= 0.3 is 11.9 Å². The third-order valence-corrected chi connectivity index (χ3v) is 3.56. The minimum atomic E-state index is -1.08. The summed E-state index contributed by atoms with van der Waals surface area (Å²) in [7, 11) is 0. The van der Waals surface area contributed by atoms with Crippen LogP contribution in [0, 0.1) is 0 Å². The fraction of sp³-hybridized carbons (Fsp3) is 0.105. The molecule has 0 spiro atoms. The summed E-state index contributed by atoms with van der Waals surface area (Å²) in [5.74, 6) is -3.82. The highest BCUT2D eigenvalue weighted by atomic mass is 16.4. The fourth-order valence-corrected chi connectivity index (χ4v) is 2.24. The van der Waals surface area contributed by atoms with Gasteiger partial charge in [-0.05, 0) is 0 Å². The van der Waals surface area contributed by atoms with E-state index in [9.17, 15) is 29.7 Å². The Labute approximate surface area is 157 Å². The Morgan fingerprint density at radius 3 is 1.96 bits per heavy atom. The Morgan fingerprint density at radius 1 is 0.857 bits per heavy atom. The molecule has 0 bridgehead atoms. The predicted octanol–water partition coefficient (Wildman–Crippen LogP) is 2.51. The smallest absolute Gasteiger partial charge is 0.303 e. The number of aromatic hydroxyl groups is 3. The summed E-state index contributed by atoms with van der Waals surface area (Å²) >= 11 is 0. The Morgan fingerprint density at radius 2 is 1.43 bits per heavy atom. The zero-order chi connectivity index (χ0) is 20.8. The highest BCUT2D eigenvalue weighted by Gasteiger charge is 2.17. The van der Waals surface area contributed by atoms with E-state index in [-0.39, 0.29) is 23.8 Å². The number of aliphatic carboxylic acids is 2. The summed E-state index contributed by atoms with van der Waals surface area (Å²) in [4.78, 5) is 31.3. The van der Waals surface area contributed by atoms with Gasteiger partial charge in [-0.1, -0.05) is 30.3 Å². The van der Waals surface area contributed by atoms with Crippen LogP contribution in [0.3, 0.4) is 0 Å². The lowest BCUT2D eigenvalue weighted by Crippen LogP contribution is -2.00. The number of benzene rings is 2. The number of carboxylic acids is 2. The number of carbonyl (C=O) groups is 2. The van der Waals surface area contributed by atoms with E-state index in [0.717, 1.165) is 6.07 Å². The summed E-state index contributed by atoms with van der Waals surface area (Å²) < 4.78 is 5.51. The van der Waals surface area contributed by atoms with Gasteiger partial charge in [-0.3, -0.25) is 14.4 Å². The largest absolute Gasteiger partial charge is 0.504 e. The molecule has 1 aromatic heterocycles. The van der Waals surface area contributed by atoms with E-state index < -0.39 is 34.6 Å². The number of carboxylic acid groups (broad SMARTS) is 2. The average Bonchev–Trinajstić information content (AvgIpc) is 2.65. The lowest BCUT2D eigenvalue weighted by molar-refractivity contribution is -0.143. The summed E-state index contributed by atoms with van der Waals surface area (Å²) in [6.07, 6.45) is -0.593. The van der Waals surface area contributed by atoms with Crippen LogP contribution in [0.5, 0.6) is 17.2 Å². The molecular weight excluding hydrogens is 372 g/mol. The first-order valence-electron chi connectivity index (χ1n) is 7.91. The third-order valence-electron chi connectivity index (χ3n) is 3.56. The average molecular weight is 388 g/mol. The van der Waals surface area contributed by atoms with E-state index in [1.807, 2.05) is 6.07 Å². The van der Waals surface area contributed by atoms with Gasteiger partial charge in [-0.15, -0.1) is 0 Å². The second kappa shape index (κ2) is 8.58. The van der Waals surface area contributed by atoms with Gasteiger partial charge in [0.15, 0.2) is 16.9 Å². The van der Waals surface area contributed by atoms with Crippen molar-refractivity contribution in [2.24, 2.45) is 0 Å². The van der Waals surface area contributed by atoms with Crippen molar-refractivity contribution >= 4 is 22.9 Å². The first kappa shape index (κ1) is 20.3. The van der Waals surface area contributed by atoms with Crippen LogP contribution >= 0.6 is 0 Å².